The molecule has 0 amide bonds. The lowest BCUT2D eigenvalue weighted by Crippen LogP contribution is -2.24. The number of carbonyl (C=O) groups is 2. The van der Waals surface area contributed by atoms with Gasteiger partial charge in [-0.25, -0.2) is 0 Å². The van der Waals surface area contributed by atoms with E-state index in [0.29, 0.717) is 5.57 Å². The first-order chi connectivity index (χ1) is 8.21. The standard InChI is InChI=1S/C13H20O5/c1-9(6-7-13(2,3)16)8-10(11(14)17-4)12(15)18-5/h6-8,10,16H,1-5H3/b7-6+,9-8+. The zero-order chi connectivity index (χ0) is 14.3. The molecule has 0 aromatic carbocycles. The molecule has 5 heteroatoms. The lowest BCUT2D eigenvalue weighted by molar-refractivity contribution is -0.156. The molecule has 0 fully saturated rings. The van der Waals surface area contributed by atoms with E-state index in [1.54, 1.807) is 32.9 Å². The molecule has 0 unspecified atom stereocenters. The Morgan fingerprint density at radius 1 is 1.17 bits per heavy atom. The van der Waals surface area contributed by atoms with Gasteiger partial charge in [0.2, 0.25) is 0 Å². The van der Waals surface area contributed by atoms with Crippen molar-refractivity contribution in [3.05, 3.63) is 23.8 Å². The Labute approximate surface area is 107 Å². The predicted octanol–water partition coefficient (Wildman–Crippen LogP) is 1.22. The fraction of sp³-hybridized carbons (Fsp3) is 0.538. The number of hydrogen-bond acceptors (Lipinski definition) is 5. The summed E-state index contributed by atoms with van der Waals surface area (Å²) in [6.45, 7) is 4.95. The summed E-state index contributed by atoms with van der Waals surface area (Å²) in [5, 5.41) is 9.51. The van der Waals surface area contributed by atoms with Crippen LogP contribution in [0.15, 0.2) is 23.8 Å². The van der Waals surface area contributed by atoms with Gasteiger partial charge in [-0.15, -0.1) is 0 Å². The Morgan fingerprint density at radius 2 is 1.61 bits per heavy atom. The largest absolute Gasteiger partial charge is 0.468 e. The number of aliphatic hydroxyl groups is 1. The normalized spacial score (nSPS) is 12.9. The van der Waals surface area contributed by atoms with Crippen molar-refractivity contribution in [3.63, 3.8) is 0 Å². The molecule has 0 saturated carbocycles. The fourth-order valence-electron chi connectivity index (χ4n) is 1.14. The maximum atomic E-state index is 11.4. The van der Waals surface area contributed by atoms with Crippen LogP contribution in [0, 0.1) is 5.92 Å². The van der Waals surface area contributed by atoms with Gasteiger partial charge in [0.15, 0.2) is 5.92 Å². The van der Waals surface area contributed by atoms with E-state index < -0.39 is 23.5 Å². The lowest BCUT2D eigenvalue weighted by atomic mass is 10.0. The van der Waals surface area contributed by atoms with Crippen molar-refractivity contribution in [2.75, 3.05) is 14.2 Å². The van der Waals surface area contributed by atoms with E-state index in [9.17, 15) is 14.7 Å². The quantitative estimate of drug-likeness (QED) is 0.455. The average Bonchev–Trinajstić information content (AvgIpc) is 2.30. The summed E-state index contributed by atoms with van der Waals surface area (Å²) in [5.41, 5.74) is -0.306. The number of carbonyl (C=O) groups excluding carboxylic acids is 2. The summed E-state index contributed by atoms with van der Waals surface area (Å²) < 4.78 is 9.05. The van der Waals surface area contributed by atoms with Crippen LogP contribution in [0.2, 0.25) is 0 Å². The number of methoxy groups -OCH3 is 2. The summed E-state index contributed by atoms with van der Waals surface area (Å²) in [6, 6.07) is 0. The molecule has 0 heterocycles. The van der Waals surface area contributed by atoms with Crippen LogP contribution < -0.4 is 0 Å². The van der Waals surface area contributed by atoms with Crippen molar-refractivity contribution < 1.29 is 24.2 Å². The van der Waals surface area contributed by atoms with Crippen LogP contribution >= 0.6 is 0 Å². The zero-order valence-electron chi connectivity index (χ0n) is 11.4. The van der Waals surface area contributed by atoms with Crippen LogP contribution in [0.5, 0.6) is 0 Å². The maximum Gasteiger partial charge on any atom is 0.324 e. The van der Waals surface area contributed by atoms with Crippen LogP contribution in [0.4, 0.5) is 0 Å². The van der Waals surface area contributed by atoms with Gasteiger partial charge >= 0.3 is 11.9 Å². The summed E-state index contributed by atoms with van der Waals surface area (Å²) >= 11 is 0. The van der Waals surface area contributed by atoms with Gasteiger partial charge in [-0.2, -0.15) is 0 Å². The van der Waals surface area contributed by atoms with Crippen LogP contribution in [-0.2, 0) is 19.1 Å². The maximum absolute atomic E-state index is 11.4. The van der Waals surface area contributed by atoms with Gasteiger partial charge in [0.1, 0.15) is 0 Å². The smallest absolute Gasteiger partial charge is 0.324 e. The van der Waals surface area contributed by atoms with Crippen LogP contribution in [0.1, 0.15) is 20.8 Å². The van der Waals surface area contributed by atoms with Crippen LogP contribution in [0.25, 0.3) is 0 Å². The van der Waals surface area contributed by atoms with Crippen molar-refractivity contribution in [3.8, 4) is 0 Å². The SMILES string of the molecule is COC(=O)C(/C=C(C)/C=C/C(C)(C)O)C(=O)OC. The molecule has 0 aliphatic rings. The Balaban J connectivity index is 5.01. The molecule has 0 radical (unpaired) electrons. The topological polar surface area (TPSA) is 72.8 Å². The molecule has 0 aromatic heterocycles. The Bertz CT molecular complexity index is 344. The van der Waals surface area contributed by atoms with E-state index in [-0.39, 0.29) is 0 Å². The lowest BCUT2D eigenvalue weighted by Gasteiger charge is -2.11. The first-order valence-corrected chi connectivity index (χ1v) is 5.47. The van der Waals surface area contributed by atoms with E-state index in [0.717, 1.165) is 0 Å². The minimum absolute atomic E-state index is 0.651. The summed E-state index contributed by atoms with van der Waals surface area (Å²) in [7, 11) is 2.41. The molecule has 18 heavy (non-hydrogen) atoms. The molecule has 0 bridgehead atoms. The van der Waals surface area contributed by atoms with E-state index in [4.69, 9.17) is 0 Å². The molecular formula is C13H20O5. The molecular weight excluding hydrogens is 236 g/mol. The summed E-state index contributed by atoms with van der Waals surface area (Å²) in [6.07, 6.45) is 4.61. The number of rotatable bonds is 5. The van der Waals surface area contributed by atoms with Crippen molar-refractivity contribution in [1.82, 2.24) is 0 Å². The third-order valence-electron chi connectivity index (χ3n) is 2.09. The molecule has 0 aliphatic heterocycles. The molecule has 0 atom stereocenters. The first kappa shape index (κ1) is 16.4. The average molecular weight is 256 g/mol. The number of allylic oxidation sites excluding steroid dienone is 2. The second-order valence-electron chi connectivity index (χ2n) is 4.42. The highest BCUT2D eigenvalue weighted by molar-refractivity contribution is 5.97. The number of ether oxygens (including phenoxy) is 2. The Kier molecular flexibility index (Phi) is 6.33. The van der Waals surface area contributed by atoms with Crippen molar-refractivity contribution in [2.45, 2.75) is 26.4 Å². The van der Waals surface area contributed by atoms with E-state index in [1.165, 1.54) is 20.3 Å². The Morgan fingerprint density at radius 3 is 1.94 bits per heavy atom. The van der Waals surface area contributed by atoms with Crippen LogP contribution in [0.3, 0.4) is 0 Å². The number of esters is 2. The monoisotopic (exact) mass is 256 g/mol. The van der Waals surface area contributed by atoms with E-state index in [2.05, 4.69) is 9.47 Å². The van der Waals surface area contributed by atoms with E-state index >= 15 is 0 Å². The van der Waals surface area contributed by atoms with Gasteiger partial charge in [0, 0.05) is 0 Å². The third-order valence-corrected chi connectivity index (χ3v) is 2.09. The molecule has 0 aliphatic carbocycles. The number of hydrogen-bond donors (Lipinski definition) is 1. The highest BCUT2D eigenvalue weighted by Gasteiger charge is 2.26. The molecule has 0 saturated heterocycles. The minimum atomic E-state index is -1.09. The van der Waals surface area contributed by atoms with Gasteiger partial charge < -0.3 is 14.6 Å². The van der Waals surface area contributed by atoms with Gasteiger partial charge in [0.25, 0.3) is 0 Å². The minimum Gasteiger partial charge on any atom is -0.468 e. The second kappa shape index (κ2) is 6.96. The van der Waals surface area contributed by atoms with Crippen molar-refractivity contribution in [2.24, 2.45) is 5.92 Å². The second-order valence-corrected chi connectivity index (χ2v) is 4.42. The van der Waals surface area contributed by atoms with Gasteiger partial charge in [-0.1, -0.05) is 23.8 Å². The van der Waals surface area contributed by atoms with E-state index in [1.807, 2.05) is 0 Å². The predicted molar refractivity (Wildman–Crippen MR) is 66.7 cm³/mol. The summed E-state index contributed by atoms with van der Waals surface area (Å²) in [4.78, 5) is 22.8. The first-order valence-electron chi connectivity index (χ1n) is 5.47. The molecule has 5 nitrogen and oxygen atoms in total. The van der Waals surface area contributed by atoms with Gasteiger partial charge in [0.05, 0.1) is 19.8 Å². The highest BCUT2D eigenvalue weighted by Crippen LogP contribution is 2.11. The Hall–Kier alpha value is -1.62. The van der Waals surface area contributed by atoms with Crippen molar-refractivity contribution in [1.29, 1.82) is 0 Å². The third kappa shape index (κ3) is 6.20. The summed E-state index contributed by atoms with van der Waals surface area (Å²) in [5.74, 6) is -2.46. The van der Waals surface area contributed by atoms with Gasteiger partial charge in [-0.05, 0) is 20.8 Å². The highest BCUT2D eigenvalue weighted by atomic mass is 16.5. The molecule has 0 spiro atoms. The molecule has 0 aromatic rings. The molecule has 102 valence electrons. The van der Waals surface area contributed by atoms with Crippen LogP contribution in [-0.4, -0.2) is 36.9 Å². The van der Waals surface area contributed by atoms with Gasteiger partial charge in [-0.3, -0.25) is 9.59 Å². The van der Waals surface area contributed by atoms with Crippen molar-refractivity contribution >= 4 is 11.9 Å². The molecule has 0 rings (SSSR count). The zero-order valence-corrected chi connectivity index (χ0v) is 11.4. The fourth-order valence-corrected chi connectivity index (χ4v) is 1.14. The molecule has 1 N–H and O–H groups in total.